The van der Waals surface area contributed by atoms with E-state index in [1.807, 2.05) is 0 Å². The van der Waals surface area contributed by atoms with Gasteiger partial charge in [-0.25, -0.2) is 4.39 Å². The summed E-state index contributed by atoms with van der Waals surface area (Å²) in [7, 11) is 1.42. The summed E-state index contributed by atoms with van der Waals surface area (Å²) in [4.78, 5) is 11.3. The van der Waals surface area contributed by atoms with Crippen molar-refractivity contribution in [1.29, 1.82) is 0 Å². The predicted molar refractivity (Wildman–Crippen MR) is 74.3 cm³/mol. The molecule has 2 rings (SSSR count). The predicted octanol–water partition coefficient (Wildman–Crippen LogP) is 3.82. The first-order valence-corrected chi connectivity index (χ1v) is 6.29. The van der Waals surface area contributed by atoms with Crippen molar-refractivity contribution >= 4 is 5.97 Å². The van der Waals surface area contributed by atoms with Crippen LogP contribution < -0.4 is 9.47 Å². The summed E-state index contributed by atoms with van der Waals surface area (Å²) in [5.41, 5.74) is 1.03. The maximum absolute atomic E-state index is 14.2. The second kappa shape index (κ2) is 6.19. The quantitative estimate of drug-likeness (QED) is 0.628. The van der Waals surface area contributed by atoms with Crippen molar-refractivity contribution < 1.29 is 18.7 Å². The molecule has 0 atom stereocenters. The molecule has 0 aliphatic rings. The molecule has 104 valence electrons. The van der Waals surface area contributed by atoms with Gasteiger partial charge in [-0.15, -0.1) is 0 Å². The Morgan fingerprint density at radius 1 is 1.20 bits per heavy atom. The van der Waals surface area contributed by atoms with Gasteiger partial charge in [0, 0.05) is 12.0 Å². The highest BCUT2D eigenvalue weighted by molar-refractivity contribution is 5.73. The van der Waals surface area contributed by atoms with Crippen molar-refractivity contribution in [1.82, 2.24) is 0 Å². The Labute approximate surface area is 117 Å². The van der Waals surface area contributed by atoms with E-state index in [1.165, 1.54) is 7.11 Å². The first kappa shape index (κ1) is 14.1. The molecule has 0 N–H and O–H groups in total. The van der Waals surface area contributed by atoms with Crippen molar-refractivity contribution in [3.05, 3.63) is 48.3 Å². The topological polar surface area (TPSA) is 35.5 Å². The van der Waals surface area contributed by atoms with E-state index in [2.05, 4.69) is 0 Å². The van der Waals surface area contributed by atoms with Gasteiger partial charge < -0.3 is 9.47 Å². The number of rotatable bonds is 4. The monoisotopic (exact) mass is 274 g/mol. The van der Waals surface area contributed by atoms with E-state index >= 15 is 0 Å². The van der Waals surface area contributed by atoms with Crippen LogP contribution in [-0.4, -0.2) is 13.1 Å². The van der Waals surface area contributed by atoms with Crippen LogP contribution in [0.4, 0.5) is 4.39 Å². The van der Waals surface area contributed by atoms with Crippen LogP contribution in [0.3, 0.4) is 0 Å². The van der Waals surface area contributed by atoms with Crippen molar-refractivity contribution in [3.63, 3.8) is 0 Å². The van der Waals surface area contributed by atoms with Gasteiger partial charge in [0.2, 0.25) is 0 Å². The van der Waals surface area contributed by atoms with Crippen LogP contribution in [0.25, 0.3) is 11.1 Å². The zero-order valence-electron chi connectivity index (χ0n) is 11.4. The van der Waals surface area contributed by atoms with E-state index in [4.69, 9.17) is 9.47 Å². The van der Waals surface area contributed by atoms with Gasteiger partial charge in [-0.3, -0.25) is 4.79 Å². The smallest absolute Gasteiger partial charge is 0.310 e. The van der Waals surface area contributed by atoms with Gasteiger partial charge in [0.05, 0.1) is 7.11 Å². The van der Waals surface area contributed by atoms with Gasteiger partial charge in [0.15, 0.2) is 11.6 Å². The van der Waals surface area contributed by atoms with Crippen molar-refractivity contribution in [2.45, 2.75) is 13.3 Å². The number of ether oxygens (including phenoxy) is 2. The average Bonchev–Trinajstić information content (AvgIpc) is 2.47. The molecule has 4 heteroatoms. The third kappa shape index (κ3) is 2.96. The zero-order chi connectivity index (χ0) is 14.5. The summed E-state index contributed by atoms with van der Waals surface area (Å²) in [5, 5.41) is 0. The first-order valence-electron chi connectivity index (χ1n) is 6.29. The van der Waals surface area contributed by atoms with Crippen LogP contribution in [0.2, 0.25) is 0 Å². The van der Waals surface area contributed by atoms with Crippen LogP contribution in [0.15, 0.2) is 42.5 Å². The second-order valence-electron chi connectivity index (χ2n) is 4.18. The van der Waals surface area contributed by atoms with E-state index in [1.54, 1.807) is 49.4 Å². The van der Waals surface area contributed by atoms with Crippen LogP contribution in [0.5, 0.6) is 11.5 Å². The molecule has 0 radical (unpaired) electrons. The first-order chi connectivity index (χ1) is 9.65. The van der Waals surface area contributed by atoms with Crippen molar-refractivity contribution in [3.8, 4) is 22.6 Å². The van der Waals surface area contributed by atoms with E-state index in [-0.39, 0.29) is 18.1 Å². The minimum Gasteiger partial charge on any atom is -0.494 e. The minimum absolute atomic E-state index is 0.179. The van der Waals surface area contributed by atoms with Crippen LogP contribution in [0.1, 0.15) is 13.3 Å². The lowest BCUT2D eigenvalue weighted by atomic mass is 10.0. The Hall–Kier alpha value is -2.36. The van der Waals surface area contributed by atoms with Crippen LogP contribution in [-0.2, 0) is 4.79 Å². The molecule has 0 fully saturated rings. The molecule has 0 amide bonds. The summed E-state index contributed by atoms with van der Waals surface area (Å²) in [6, 6.07) is 11.7. The van der Waals surface area contributed by atoms with Crippen LogP contribution in [0, 0.1) is 5.82 Å². The number of carbonyl (C=O) groups excluding carboxylic acids is 1. The van der Waals surface area contributed by atoms with Gasteiger partial charge in [0.25, 0.3) is 0 Å². The number of methoxy groups -OCH3 is 1. The molecule has 0 saturated carbocycles. The highest BCUT2D eigenvalue weighted by Crippen LogP contribution is 2.30. The van der Waals surface area contributed by atoms with Gasteiger partial charge in [-0.2, -0.15) is 0 Å². The molecule has 2 aromatic carbocycles. The van der Waals surface area contributed by atoms with Crippen molar-refractivity contribution in [2.75, 3.05) is 7.11 Å². The molecule has 0 aromatic heterocycles. The Kier molecular flexibility index (Phi) is 4.35. The Morgan fingerprint density at radius 3 is 2.65 bits per heavy atom. The molecule has 0 unspecified atom stereocenters. The minimum atomic E-state index is -0.436. The molecule has 0 spiro atoms. The molecular formula is C16H15FO3. The summed E-state index contributed by atoms with van der Waals surface area (Å²) in [6.07, 6.45) is 0.289. The van der Waals surface area contributed by atoms with E-state index < -0.39 is 5.82 Å². The molecule has 3 nitrogen and oxygen atoms in total. The number of esters is 1. The van der Waals surface area contributed by atoms with Gasteiger partial charge in [-0.1, -0.05) is 31.2 Å². The average molecular weight is 274 g/mol. The number of hydrogen-bond acceptors (Lipinski definition) is 3. The maximum atomic E-state index is 14.2. The molecular weight excluding hydrogens is 259 g/mol. The van der Waals surface area contributed by atoms with Crippen molar-refractivity contribution in [2.24, 2.45) is 0 Å². The standard InChI is InChI=1S/C16H15FO3/c1-3-15(18)20-12-7-4-6-11(10-12)13-8-5-9-14(19-2)16(13)17/h4-10H,3H2,1-2H3. The molecule has 0 saturated heterocycles. The van der Waals surface area contributed by atoms with Gasteiger partial charge >= 0.3 is 5.97 Å². The summed E-state index contributed by atoms with van der Waals surface area (Å²) >= 11 is 0. The lowest BCUT2D eigenvalue weighted by Gasteiger charge is -2.09. The van der Waals surface area contributed by atoms with Gasteiger partial charge in [0.1, 0.15) is 5.75 Å². The lowest BCUT2D eigenvalue weighted by molar-refractivity contribution is -0.134. The Morgan fingerprint density at radius 2 is 1.95 bits per heavy atom. The van der Waals surface area contributed by atoms with E-state index in [0.29, 0.717) is 16.9 Å². The molecule has 0 aliphatic carbocycles. The Balaban J connectivity index is 2.38. The molecule has 20 heavy (non-hydrogen) atoms. The second-order valence-corrected chi connectivity index (χ2v) is 4.18. The third-order valence-electron chi connectivity index (χ3n) is 2.85. The normalized spacial score (nSPS) is 10.2. The van der Waals surface area contributed by atoms with Crippen LogP contribution >= 0.6 is 0 Å². The lowest BCUT2D eigenvalue weighted by Crippen LogP contribution is -2.05. The maximum Gasteiger partial charge on any atom is 0.310 e. The number of benzene rings is 2. The number of hydrogen-bond donors (Lipinski definition) is 0. The van der Waals surface area contributed by atoms with E-state index in [0.717, 1.165) is 0 Å². The summed E-state index contributed by atoms with van der Waals surface area (Å²) in [6.45, 7) is 1.72. The third-order valence-corrected chi connectivity index (χ3v) is 2.85. The SMILES string of the molecule is CCC(=O)Oc1cccc(-c2cccc(OC)c2F)c1. The summed E-state index contributed by atoms with van der Waals surface area (Å²) in [5.74, 6) is -0.183. The van der Waals surface area contributed by atoms with E-state index in [9.17, 15) is 9.18 Å². The molecule has 0 heterocycles. The van der Waals surface area contributed by atoms with Gasteiger partial charge in [-0.05, 0) is 23.8 Å². The fourth-order valence-electron chi connectivity index (χ4n) is 1.82. The molecule has 0 aliphatic heterocycles. The number of halogens is 1. The highest BCUT2D eigenvalue weighted by atomic mass is 19.1. The largest absolute Gasteiger partial charge is 0.494 e. The molecule has 0 bridgehead atoms. The Bertz CT molecular complexity index is 623. The highest BCUT2D eigenvalue weighted by Gasteiger charge is 2.11. The zero-order valence-corrected chi connectivity index (χ0v) is 11.4. The fraction of sp³-hybridized carbons (Fsp3) is 0.188. The fourth-order valence-corrected chi connectivity index (χ4v) is 1.82. The number of carbonyl (C=O) groups is 1. The molecule has 2 aromatic rings. The summed E-state index contributed by atoms with van der Waals surface area (Å²) < 4.78 is 24.3.